The van der Waals surface area contributed by atoms with Gasteiger partial charge < -0.3 is 14.2 Å². The maximum absolute atomic E-state index is 12.7. The summed E-state index contributed by atoms with van der Waals surface area (Å²) in [5.41, 5.74) is 0.847. The van der Waals surface area contributed by atoms with Gasteiger partial charge in [-0.05, 0) is 47.4 Å². The molecule has 3 rings (SSSR count). The number of ketones is 1. The Hall–Kier alpha value is -3.89. The zero-order valence-corrected chi connectivity index (χ0v) is 17.1. The van der Waals surface area contributed by atoms with Crippen molar-refractivity contribution in [3.63, 3.8) is 0 Å². The van der Waals surface area contributed by atoms with Gasteiger partial charge in [0, 0.05) is 5.56 Å². The fraction of sp³-hybridized carbons (Fsp3) is 0.0870. The number of thiophene rings is 1. The zero-order chi connectivity index (χ0) is 21.5. The molecular weight excluding hydrogens is 402 g/mol. The van der Waals surface area contributed by atoms with Crippen LogP contribution in [0.15, 0.2) is 65.6 Å². The summed E-state index contributed by atoms with van der Waals surface area (Å²) < 4.78 is 15.8. The van der Waals surface area contributed by atoms with Crippen LogP contribution in [0, 0.1) is 11.3 Å². The Bertz CT molecular complexity index is 1140. The number of esters is 1. The number of hydrogen-bond acceptors (Lipinski definition) is 7. The molecule has 6 nitrogen and oxygen atoms in total. The highest BCUT2D eigenvalue weighted by molar-refractivity contribution is 7.12. The Morgan fingerprint density at radius 3 is 2.50 bits per heavy atom. The third-order valence-corrected chi connectivity index (χ3v) is 4.97. The first-order valence-electron chi connectivity index (χ1n) is 8.80. The molecule has 0 amide bonds. The Balaban J connectivity index is 1.87. The second kappa shape index (κ2) is 9.54. The van der Waals surface area contributed by atoms with Gasteiger partial charge in [-0.1, -0.05) is 24.3 Å². The number of Topliss-reactive ketones (excluding diaryl/α,β-unsaturated/α-hetero) is 1. The molecule has 0 fully saturated rings. The summed E-state index contributed by atoms with van der Waals surface area (Å²) in [4.78, 5) is 25.3. The van der Waals surface area contributed by atoms with Crippen molar-refractivity contribution in [1.29, 1.82) is 5.26 Å². The molecule has 0 N–H and O–H groups in total. The number of ether oxygens (including phenoxy) is 3. The van der Waals surface area contributed by atoms with E-state index < -0.39 is 11.8 Å². The summed E-state index contributed by atoms with van der Waals surface area (Å²) in [7, 11) is 2.95. The number of nitriles is 1. The number of rotatable bonds is 7. The smallest absolute Gasteiger partial charge is 0.353 e. The van der Waals surface area contributed by atoms with Crippen molar-refractivity contribution in [2.45, 2.75) is 0 Å². The maximum atomic E-state index is 12.7. The lowest BCUT2D eigenvalue weighted by Gasteiger charge is -2.09. The molecule has 0 aliphatic heterocycles. The number of methoxy groups -OCH3 is 2. The zero-order valence-electron chi connectivity index (χ0n) is 16.2. The normalized spacial score (nSPS) is 10.8. The van der Waals surface area contributed by atoms with Crippen molar-refractivity contribution in [1.82, 2.24) is 0 Å². The summed E-state index contributed by atoms with van der Waals surface area (Å²) in [5, 5.41) is 11.3. The first-order valence-corrected chi connectivity index (χ1v) is 9.68. The molecule has 7 heteroatoms. The van der Waals surface area contributed by atoms with E-state index in [1.165, 1.54) is 31.6 Å². The van der Waals surface area contributed by atoms with Crippen LogP contribution < -0.4 is 14.2 Å². The van der Waals surface area contributed by atoms with E-state index in [-0.39, 0.29) is 11.3 Å². The minimum atomic E-state index is -0.488. The predicted molar refractivity (Wildman–Crippen MR) is 113 cm³/mol. The lowest BCUT2D eigenvalue weighted by molar-refractivity contribution is 0.0734. The molecule has 1 aromatic heterocycles. The molecule has 0 aliphatic carbocycles. The first kappa shape index (κ1) is 20.8. The van der Waals surface area contributed by atoms with E-state index in [0.717, 1.165) is 0 Å². The molecule has 0 saturated carbocycles. The molecule has 0 unspecified atom stereocenters. The summed E-state index contributed by atoms with van der Waals surface area (Å²) in [6.07, 6.45) is 1.45. The largest absolute Gasteiger partial charge is 0.497 e. The number of hydrogen-bond donors (Lipinski definition) is 0. The van der Waals surface area contributed by atoms with E-state index >= 15 is 0 Å². The maximum Gasteiger partial charge on any atom is 0.353 e. The van der Waals surface area contributed by atoms with Crippen molar-refractivity contribution < 1.29 is 23.8 Å². The van der Waals surface area contributed by atoms with Gasteiger partial charge in [-0.25, -0.2) is 4.79 Å². The minimum Gasteiger partial charge on any atom is -0.497 e. The minimum absolute atomic E-state index is 0.0476. The molecule has 0 aliphatic rings. The second-order valence-corrected chi connectivity index (χ2v) is 6.96. The van der Waals surface area contributed by atoms with Crippen LogP contribution >= 0.6 is 11.3 Å². The molecule has 0 atom stereocenters. The van der Waals surface area contributed by atoms with Gasteiger partial charge in [0.2, 0.25) is 5.78 Å². The molecule has 0 bridgehead atoms. The van der Waals surface area contributed by atoms with Crippen LogP contribution in [0.5, 0.6) is 17.2 Å². The monoisotopic (exact) mass is 419 g/mol. The third-order valence-electron chi connectivity index (χ3n) is 4.12. The van der Waals surface area contributed by atoms with Gasteiger partial charge in [0.25, 0.3) is 0 Å². The van der Waals surface area contributed by atoms with E-state index in [0.29, 0.717) is 27.5 Å². The highest BCUT2D eigenvalue weighted by Gasteiger charge is 2.16. The number of benzene rings is 2. The number of carbonyl (C=O) groups is 2. The van der Waals surface area contributed by atoms with Gasteiger partial charge in [0.1, 0.15) is 22.3 Å². The van der Waals surface area contributed by atoms with Crippen molar-refractivity contribution in [2.24, 2.45) is 0 Å². The summed E-state index contributed by atoms with van der Waals surface area (Å²) in [6.45, 7) is 0. The summed E-state index contributed by atoms with van der Waals surface area (Å²) in [5.74, 6) is 0.156. The lowest BCUT2D eigenvalue weighted by Crippen LogP contribution is -2.07. The SMILES string of the molecule is COc1cccc(C(=O)/C(C#N)=C/c2ccc(OC(=O)c3cccs3)c(OC)c2)c1. The standard InChI is InChI=1S/C23H17NO5S/c1-27-18-6-3-5-16(13-18)22(25)17(14-24)11-15-8-9-19(20(12-15)28-2)29-23(26)21-7-4-10-30-21/h3-13H,1-2H3/b17-11+. The third kappa shape index (κ3) is 4.74. The highest BCUT2D eigenvalue weighted by Crippen LogP contribution is 2.30. The van der Waals surface area contributed by atoms with E-state index in [1.807, 2.05) is 6.07 Å². The molecule has 3 aromatic rings. The molecule has 150 valence electrons. The van der Waals surface area contributed by atoms with Crippen LogP contribution in [0.2, 0.25) is 0 Å². The topological polar surface area (TPSA) is 85.6 Å². The second-order valence-electron chi connectivity index (χ2n) is 6.01. The van der Waals surface area contributed by atoms with E-state index in [9.17, 15) is 14.9 Å². The van der Waals surface area contributed by atoms with Gasteiger partial charge in [0.05, 0.1) is 14.2 Å². The number of nitrogens with zero attached hydrogens (tertiary/aromatic N) is 1. The Morgan fingerprint density at radius 2 is 1.83 bits per heavy atom. The summed E-state index contributed by atoms with van der Waals surface area (Å²) >= 11 is 1.27. The van der Waals surface area contributed by atoms with Crippen LogP contribution in [0.1, 0.15) is 25.6 Å². The highest BCUT2D eigenvalue weighted by atomic mass is 32.1. The van der Waals surface area contributed by atoms with Gasteiger partial charge in [-0.2, -0.15) is 5.26 Å². The molecule has 0 radical (unpaired) electrons. The van der Waals surface area contributed by atoms with Gasteiger partial charge in [-0.3, -0.25) is 4.79 Å². The fourth-order valence-electron chi connectivity index (χ4n) is 2.64. The lowest BCUT2D eigenvalue weighted by atomic mass is 10.0. The van der Waals surface area contributed by atoms with Crippen LogP contribution in [0.4, 0.5) is 0 Å². The molecular formula is C23H17NO5S. The quantitative estimate of drug-likeness (QED) is 0.180. The van der Waals surface area contributed by atoms with E-state index in [2.05, 4.69) is 0 Å². The van der Waals surface area contributed by atoms with Crippen LogP contribution in [0.3, 0.4) is 0 Å². The van der Waals surface area contributed by atoms with Crippen LogP contribution in [0.25, 0.3) is 6.08 Å². The molecule has 0 spiro atoms. The van der Waals surface area contributed by atoms with E-state index in [1.54, 1.807) is 60.0 Å². The van der Waals surface area contributed by atoms with Crippen molar-refractivity contribution in [3.05, 3.63) is 81.6 Å². The Labute approximate surface area is 177 Å². The fourth-order valence-corrected chi connectivity index (χ4v) is 3.24. The van der Waals surface area contributed by atoms with Crippen LogP contribution in [-0.2, 0) is 0 Å². The van der Waals surface area contributed by atoms with Gasteiger partial charge >= 0.3 is 5.97 Å². The predicted octanol–water partition coefficient (Wildman–Crippen LogP) is 4.77. The Morgan fingerprint density at radius 1 is 1.00 bits per heavy atom. The van der Waals surface area contributed by atoms with Crippen molar-refractivity contribution >= 4 is 29.2 Å². The average Bonchev–Trinajstić information content (AvgIpc) is 3.33. The van der Waals surface area contributed by atoms with Crippen LogP contribution in [-0.4, -0.2) is 26.0 Å². The van der Waals surface area contributed by atoms with Gasteiger partial charge in [-0.15, -0.1) is 11.3 Å². The number of allylic oxidation sites excluding steroid dienone is 1. The Kier molecular flexibility index (Phi) is 6.63. The molecule has 30 heavy (non-hydrogen) atoms. The average molecular weight is 419 g/mol. The van der Waals surface area contributed by atoms with E-state index in [4.69, 9.17) is 14.2 Å². The van der Waals surface area contributed by atoms with Crippen molar-refractivity contribution in [3.8, 4) is 23.3 Å². The molecule has 0 saturated heterocycles. The molecule has 1 heterocycles. The first-order chi connectivity index (χ1) is 14.5. The molecule has 2 aromatic carbocycles. The van der Waals surface area contributed by atoms with Crippen molar-refractivity contribution in [2.75, 3.05) is 14.2 Å². The van der Waals surface area contributed by atoms with Gasteiger partial charge in [0.15, 0.2) is 11.5 Å². The summed E-state index contributed by atoms with van der Waals surface area (Å²) in [6, 6.07) is 16.7. The number of carbonyl (C=O) groups excluding carboxylic acids is 2.